The maximum absolute atomic E-state index is 11.2. The summed E-state index contributed by atoms with van der Waals surface area (Å²) in [6, 6.07) is 0. The van der Waals surface area contributed by atoms with Crippen LogP contribution in [0.2, 0.25) is 0 Å². The molecule has 0 N–H and O–H groups in total. The lowest BCUT2D eigenvalue weighted by Crippen LogP contribution is -2.32. The number of hydrogen-bond acceptors (Lipinski definition) is 5. The van der Waals surface area contributed by atoms with E-state index in [-0.39, 0.29) is 0 Å². The van der Waals surface area contributed by atoms with E-state index in [2.05, 4.69) is 9.62 Å². The van der Waals surface area contributed by atoms with Gasteiger partial charge in [-0.25, -0.2) is 9.59 Å². The quantitative estimate of drug-likeness (QED) is 0.326. The molecule has 0 heterocycles. The van der Waals surface area contributed by atoms with E-state index < -0.39 is 17.5 Å². The van der Waals surface area contributed by atoms with Crippen LogP contribution in [0.15, 0.2) is 12.2 Å². The first-order chi connectivity index (χ1) is 8.06. The van der Waals surface area contributed by atoms with Crippen LogP contribution >= 0.6 is 0 Å². The molecule has 0 amide bonds. The topological polar surface area (TPSA) is 61.8 Å². The second kappa shape index (κ2) is 6.39. The zero-order valence-electron chi connectivity index (χ0n) is 10.2. The summed E-state index contributed by atoms with van der Waals surface area (Å²) >= 11 is 0. The van der Waals surface area contributed by atoms with Gasteiger partial charge in [0.2, 0.25) is 0 Å². The largest absolute Gasteiger partial charge is 0.466 e. The second-order valence-electron chi connectivity index (χ2n) is 4.35. The van der Waals surface area contributed by atoms with Crippen molar-refractivity contribution in [1.82, 2.24) is 0 Å². The highest BCUT2D eigenvalue weighted by Crippen LogP contribution is 2.31. The lowest BCUT2D eigenvalue weighted by Gasteiger charge is -2.30. The molecule has 0 radical (unpaired) electrons. The molecular formula is C12H18O5. The van der Waals surface area contributed by atoms with Crippen molar-refractivity contribution >= 4 is 11.9 Å². The van der Waals surface area contributed by atoms with E-state index >= 15 is 0 Å². The molecule has 96 valence electrons. The SMILES string of the molecule is COC(=O)C=CC(=O)OOC1(C)CCCCC1. The molecular weight excluding hydrogens is 224 g/mol. The monoisotopic (exact) mass is 242 g/mol. The van der Waals surface area contributed by atoms with Crippen LogP contribution in [-0.2, 0) is 24.1 Å². The van der Waals surface area contributed by atoms with E-state index in [9.17, 15) is 9.59 Å². The Bertz CT molecular complexity index is 302. The van der Waals surface area contributed by atoms with Crippen LogP contribution in [0.25, 0.3) is 0 Å². The van der Waals surface area contributed by atoms with E-state index in [0.29, 0.717) is 0 Å². The van der Waals surface area contributed by atoms with Crippen LogP contribution in [0.5, 0.6) is 0 Å². The Hall–Kier alpha value is -1.36. The molecule has 0 aliphatic heterocycles. The highest BCUT2D eigenvalue weighted by Gasteiger charge is 2.30. The number of methoxy groups -OCH3 is 1. The van der Waals surface area contributed by atoms with Gasteiger partial charge in [0.25, 0.3) is 0 Å². The molecule has 17 heavy (non-hydrogen) atoms. The molecule has 5 nitrogen and oxygen atoms in total. The summed E-state index contributed by atoms with van der Waals surface area (Å²) in [5, 5.41) is 0. The fraction of sp³-hybridized carbons (Fsp3) is 0.667. The van der Waals surface area contributed by atoms with Gasteiger partial charge in [-0.3, -0.25) is 4.89 Å². The third-order valence-electron chi connectivity index (χ3n) is 2.79. The van der Waals surface area contributed by atoms with Crippen LogP contribution in [0.1, 0.15) is 39.0 Å². The number of carbonyl (C=O) groups excluding carboxylic acids is 2. The van der Waals surface area contributed by atoms with Gasteiger partial charge >= 0.3 is 11.9 Å². The number of ether oxygens (including phenoxy) is 1. The lowest BCUT2D eigenvalue weighted by atomic mass is 9.87. The van der Waals surface area contributed by atoms with Gasteiger partial charge in [0.1, 0.15) is 5.60 Å². The number of rotatable bonds is 4. The van der Waals surface area contributed by atoms with Gasteiger partial charge in [-0.05, 0) is 19.8 Å². The van der Waals surface area contributed by atoms with Crippen molar-refractivity contribution in [1.29, 1.82) is 0 Å². The van der Waals surface area contributed by atoms with E-state index in [0.717, 1.165) is 37.8 Å². The Balaban J connectivity index is 2.32. The molecule has 0 spiro atoms. The molecule has 0 aromatic carbocycles. The van der Waals surface area contributed by atoms with Crippen molar-refractivity contribution in [2.45, 2.75) is 44.6 Å². The standard InChI is InChI=1S/C12H18O5/c1-12(8-4-3-5-9-12)17-16-11(14)7-6-10(13)15-2/h6-7H,3-5,8-9H2,1-2H3. The van der Waals surface area contributed by atoms with Crippen LogP contribution in [0.3, 0.4) is 0 Å². The van der Waals surface area contributed by atoms with Crippen molar-refractivity contribution in [3.63, 3.8) is 0 Å². The van der Waals surface area contributed by atoms with Gasteiger partial charge in [-0.1, -0.05) is 19.3 Å². The minimum Gasteiger partial charge on any atom is -0.466 e. The van der Waals surface area contributed by atoms with Gasteiger partial charge in [0.05, 0.1) is 7.11 Å². The number of carbonyl (C=O) groups is 2. The van der Waals surface area contributed by atoms with Crippen LogP contribution in [-0.4, -0.2) is 24.6 Å². The molecule has 1 aliphatic carbocycles. The van der Waals surface area contributed by atoms with Gasteiger partial charge in [-0.2, -0.15) is 4.89 Å². The third kappa shape index (κ3) is 4.99. The van der Waals surface area contributed by atoms with E-state index in [1.54, 1.807) is 0 Å². The van der Waals surface area contributed by atoms with Crippen molar-refractivity contribution in [2.24, 2.45) is 0 Å². The Kier molecular flexibility index (Phi) is 5.15. The molecule has 0 aromatic heterocycles. The normalized spacial score (nSPS) is 18.9. The predicted molar refractivity (Wildman–Crippen MR) is 59.8 cm³/mol. The maximum Gasteiger partial charge on any atom is 0.366 e. The van der Waals surface area contributed by atoms with Gasteiger partial charge in [0.15, 0.2) is 0 Å². The van der Waals surface area contributed by atoms with Crippen LogP contribution in [0.4, 0.5) is 0 Å². The Morgan fingerprint density at radius 3 is 2.24 bits per heavy atom. The predicted octanol–water partition coefficient (Wildman–Crippen LogP) is 1.91. The van der Waals surface area contributed by atoms with Gasteiger partial charge in [-0.15, -0.1) is 0 Å². The third-order valence-corrected chi connectivity index (χ3v) is 2.79. The summed E-state index contributed by atoms with van der Waals surface area (Å²) in [7, 11) is 1.23. The highest BCUT2D eigenvalue weighted by molar-refractivity contribution is 5.91. The summed E-state index contributed by atoms with van der Waals surface area (Å²) in [5.41, 5.74) is -0.396. The molecule has 0 aromatic rings. The number of hydrogen-bond donors (Lipinski definition) is 0. The fourth-order valence-electron chi connectivity index (χ4n) is 1.76. The average molecular weight is 242 g/mol. The molecule has 1 saturated carbocycles. The number of esters is 1. The second-order valence-corrected chi connectivity index (χ2v) is 4.35. The summed E-state index contributed by atoms with van der Waals surface area (Å²) in [6.07, 6.45) is 7.07. The van der Waals surface area contributed by atoms with Crippen molar-refractivity contribution in [3.05, 3.63) is 12.2 Å². The van der Waals surface area contributed by atoms with Gasteiger partial charge < -0.3 is 4.74 Å². The molecule has 5 heteroatoms. The minimum absolute atomic E-state index is 0.396. The Morgan fingerprint density at radius 2 is 1.65 bits per heavy atom. The maximum atomic E-state index is 11.2. The molecule has 1 rings (SSSR count). The summed E-state index contributed by atoms with van der Waals surface area (Å²) in [4.78, 5) is 31.7. The van der Waals surface area contributed by atoms with Crippen LogP contribution in [0, 0.1) is 0 Å². The lowest BCUT2D eigenvalue weighted by molar-refractivity contribution is -0.331. The molecule has 0 unspecified atom stereocenters. The van der Waals surface area contributed by atoms with Crippen molar-refractivity contribution < 1.29 is 24.1 Å². The van der Waals surface area contributed by atoms with E-state index in [1.807, 2.05) is 6.92 Å². The van der Waals surface area contributed by atoms with Crippen LogP contribution < -0.4 is 0 Å². The molecule has 0 bridgehead atoms. The zero-order valence-corrected chi connectivity index (χ0v) is 10.2. The molecule has 0 atom stereocenters. The van der Waals surface area contributed by atoms with Crippen molar-refractivity contribution in [2.75, 3.05) is 7.11 Å². The molecule has 1 fully saturated rings. The molecule has 1 aliphatic rings. The first kappa shape index (κ1) is 13.7. The van der Waals surface area contributed by atoms with Crippen molar-refractivity contribution in [3.8, 4) is 0 Å². The minimum atomic E-state index is -0.706. The van der Waals surface area contributed by atoms with E-state index in [1.165, 1.54) is 13.5 Å². The first-order valence-corrected chi connectivity index (χ1v) is 5.71. The Labute approximate surface area is 101 Å². The Morgan fingerprint density at radius 1 is 1.06 bits per heavy atom. The zero-order chi connectivity index (χ0) is 12.7. The van der Waals surface area contributed by atoms with Gasteiger partial charge in [0, 0.05) is 12.2 Å². The highest BCUT2D eigenvalue weighted by atomic mass is 17.2. The summed E-state index contributed by atoms with van der Waals surface area (Å²) in [6.45, 7) is 1.92. The summed E-state index contributed by atoms with van der Waals surface area (Å²) < 4.78 is 4.34. The smallest absolute Gasteiger partial charge is 0.366 e. The van der Waals surface area contributed by atoms with E-state index in [4.69, 9.17) is 4.89 Å². The summed E-state index contributed by atoms with van der Waals surface area (Å²) in [5.74, 6) is -1.31. The first-order valence-electron chi connectivity index (χ1n) is 5.71. The fourth-order valence-corrected chi connectivity index (χ4v) is 1.76. The molecule has 0 saturated heterocycles. The average Bonchev–Trinajstić information content (AvgIpc) is 2.34.